The van der Waals surface area contributed by atoms with Gasteiger partial charge in [-0.05, 0) is 30.7 Å². The molecule has 0 aliphatic carbocycles. The highest BCUT2D eigenvalue weighted by Crippen LogP contribution is 2.33. The van der Waals surface area contributed by atoms with Crippen molar-refractivity contribution in [1.29, 1.82) is 0 Å². The molecule has 2 heterocycles. The van der Waals surface area contributed by atoms with E-state index in [1.165, 1.54) is 0 Å². The first kappa shape index (κ1) is 17.1. The zero-order valence-electron chi connectivity index (χ0n) is 15.8. The summed E-state index contributed by atoms with van der Waals surface area (Å²) in [6.45, 7) is 2.01. The van der Waals surface area contributed by atoms with Crippen LogP contribution in [-0.4, -0.2) is 14.7 Å². The molecule has 1 N–H and O–H groups in total. The van der Waals surface area contributed by atoms with E-state index in [4.69, 9.17) is 4.98 Å². The maximum atomic E-state index is 11.1. The van der Waals surface area contributed by atoms with Crippen LogP contribution in [0.15, 0.2) is 94.7 Å². The van der Waals surface area contributed by atoms with E-state index in [-0.39, 0.29) is 5.88 Å². The highest BCUT2D eigenvalue weighted by atomic mass is 16.3. The fraction of sp³-hybridized carbons (Fsp3) is 0.0417. The van der Waals surface area contributed by atoms with Crippen molar-refractivity contribution in [1.82, 2.24) is 9.55 Å². The van der Waals surface area contributed by atoms with Crippen molar-refractivity contribution in [2.75, 3.05) is 0 Å². The molecule has 1 aromatic heterocycles. The Labute approximate surface area is 167 Å². The van der Waals surface area contributed by atoms with E-state index in [1.807, 2.05) is 85.8 Å². The summed E-state index contributed by atoms with van der Waals surface area (Å²) in [7, 11) is 0. The Morgan fingerprint density at radius 1 is 0.793 bits per heavy atom. The predicted molar refractivity (Wildman–Crippen MR) is 112 cm³/mol. The Morgan fingerprint density at radius 2 is 1.41 bits per heavy atom. The molecule has 0 atom stereocenters. The van der Waals surface area contributed by atoms with Gasteiger partial charge in [-0.1, -0.05) is 60.7 Å². The number of benzene rings is 3. The first-order valence-corrected chi connectivity index (χ1v) is 9.38. The summed E-state index contributed by atoms with van der Waals surface area (Å²) >= 11 is 0. The van der Waals surface area contributed by atoms with Crippen LogP contribution < -0.4 is 10.7 Å². The zero-order chi connectivity index (χ0) is 19.8. The molecular weight excluding hydrogens is 360 g/mol. The molecule has 5 heteroatoms. The summed E-state index contributed by atoms with van der Waals surface area (Å²) in [5.41, 5.74) is 3.27. The first-order valence-electron chi connectivity index (χ1n) is 9.38. The Morgan fingerprint density at radius 3 is 2.10 bits per heavy atom. The fourth-order valence-corrected chi connectivity index (χ4v) is 3.46. The number of hydrogen-bond donors (Lipinski definition) is 1. The van der Waals surface area contributed by atoms with Gasteiger partial charge in [0, 0.05) is 11.6 Å². The SMILES string of the molecule is Cc1ccccc1-n1c(-c2ccccc2)nc(C=C2N=c3ccccc3=N2)c1O. The van der Waals surface area contributed by atoms with Crippen LogP contribution in [0.2, 0.25) is 0 Å². The Kier molecular flexibility index (Phi) is 4.06. The van der Waals surface area contributed by atoms with Gasteiger partial charge < -0.3 is 5.11 Å². The second-order valence-corrected chi connectivity index (χ2v) is 6.85. The molecular formula is C24H18N4O. The van der Waals surface area contributed by atoms with Gasteiger partial charge in [-0.25, -0.2) is 15.0 Å². The molecule has 0 amide bonds. The number of aromatic hydroxyl groups is 1. The lowest BCUT2D eigenvalue weighted by atomic mass is 10.1. The Hall–Kier alpha value is -3.99. The van der Waals surface area contributed by atoms with Gasteiger partial charge in [-0.2, -0.15) is 0 Å². The predicted octanol–water partition coefficient (Wildman–Crippen LogP) is 3.80. The van der Waals surface area contributed by atoms with E-state index in [2.05, 4.69) is 9.98 Å². The van der Waals surface area contributed by atoms with Gasteiger partial charge >= 0.3 is 0 Å². The van der Waals surface area contributed by atoms with Gasteiger partial charge in [0.15, 0.2) is 5.82 Å². The highest BCUT2D eigenvalue weighted by Gasteiger charge is 2.20. The molecule has 1 aliphatic heterocycles. The number of aryl methyl sites for hydroxylation is 1. The molecule has 140 valence electrons. The topological polar surface area (TPSA) is 62.8 Å². The molecule has 0 bridgehead atoms. The quantitative estimate of drug-likeness (QED) is 0.589. The van der Waals surface area contributed by atoms with Gasteiger partial charge in [-0.15, -0.1) is 0 Å². The highest BCUT2D eigenvalue weighted by molar-refractivity contribution is 5.67. The molecule has 0 fully saturated rings. The van der Waals surface area contributed by atoms with E-state index in [9.17, 15) is 5.11 Å². The van der Waals surface area contributed by atoms with E-state index in [0.717, 1.165) is 27.5 Å². The van der Waals surface area contributed by atoms with Crippen LogP contribution in [-0.2, 0) is 0 Å². The summed E-state index contributed by atoms with van der Waals surface area (Å²) < 4.78 is 1.78. The minimum atomic E-state index is 0.0620. The van der Waals surface area contributed by atoms with Gasteiger partial charge in [-0.3, -0.25) is 4.57 Å². The summed E-state index contributed by atoms with van der Waals surface area (Å²) in [4.78, 5) is 13.8. The number of para-hydroxylation sites is 3. The van der Waals surface area contributed by atoms with Crippen molar-refractivity contribution in [3.63, 3.8) is 0 Å². The largest absolute Gasteiger partial charge is 0.493 e. The molecule has 0 saturated heterocycles. The molecule has 5 rings (SSSR count). The molecule has 4 aromatic rings. The van der Waals surface area contributed by atoms with E-state index >= 15 is 0 Å². The fourth-order valence-electron chi connectivity index (χ4n) is 3.46. The van der Waals surface area contributed by atoms with Crippen LogP contribution in [0.1, 0.15) is 11.3 Å². The zero-order valence-corrected chi connectivity index (χ0v) is 15.8. The number of hydrogen-bond acceptors (Lipinski definition) is 4. The molecule has 0 radical (unpaired) electrons. The number of imidazole rings is 1. The van der Waals surface area contributed by atoms with Crippen LogP contribution in [0.4, 0.5) is 0 Å². The summed E-state index contributed by atoms with van der Waals surface area (Å²) in [6.07, 6.45) is 1.72. The third-order valence-corrected chi connectivity index (χ3v) is 4.88. The van der Waals surface area contributed by atoms with Gasteiger partial charge in [0.25, 0.3) is 0 Å². The number of rotatable bonds is 3. The Balaban J connectivity index is 1.72. The minimum absolute atomic E-state index is 0.0620. The van der Waals surface area contributed by atoms with Crippen LogP contribution in [0, 0.1) is 6.92 Å². The molecule has 0 spiro atoms. The molecule has 3 aromatic carbocycles. The summed E-state index contributed by atoms with van der Waals surface area (Å²) in [5, 5.41) is 12.7. The van der Waals surface area contributed by atoms with Gasteiger partial charge in [0.05, 0.1) is 16.4 Å². The average molecular weight is 378 g/mol. The van der Waals surface area contributed by atoms with Crippen LogP contribution in [0.25, 0.3) is 23.2 Å². The first-order chi connectivity index (χ1) is 14.2. The molecule has 1 aliphatic rings. The third kappa shape index (κ3) is 3.02. The van der Waals surface area contributed by atoms with Crippen molar-refractivity contribution in [2.45, 2.75) is 6.92 Å². The maximum Gasteiger partial charge on any atom is 0.224 e. The third-order valence-electron chi connectivity index (χ3n) is 4.88. The van der Waals surface area contributed by atoms with Crippen LogP contribution in [0.5, 0.6) is 5.88 Å². The summed E-state index contributed by atoms with van der Waals surface area (Å²) in [5.74, 6) is 1.25. The standard InChI is InChI=1S/C24H18N4O/c1-16-9-5-8-14-21(16)28-23(17-10-3-2-4-11-17)27-20(24(28)29)15-22-25-18-12-6-7-13-19(18)26-22/h2-15,29H,1H3. The van der Waals surface area contributed by atoms with Crippen LogP contribution >= 0.6 is 0 Å². The number of aromatic nitrogens is 2. The smallest absolute Gasteiger partial charge is 0.224 e. The average Bonchev–Trinajstić information content (AvgIpc) is 3.30. The van der Waals surface area contributed by atoms with Crippen molar-refractivity contribution < 1.29 is 5.11 Å². The Bertz CT molecular complexity index is 1330. The lowest BCUT2D eigenvalue weighted by molar-refractivity contribution is 0.442. The molecule has 29 heavy (non-hydrogen) atoms. The van der Waals surface area contributed by atoms with Crippen LogP contribution in [0.3, 0.4) is 0 Å². The maximum absolute atomic E-state index is 11.1. The normalized spacial score (nSPS) is 12.2. The molecule has 0 saturated carbocycles. The number of nitrogens with zero attached hydrogens (tertiary/aromatic N) is 4. The molecule has 0 unspecified atom stereocenters. The monoisotopic (exact) mass is 378 g/mol. The van der Waals surface area contributed by atoms with Crippen molar-refractivity contribution >= 4 is 6.08 Å². The van der Waals surface area contributed by atoms with Gasteiger partial charge in [0.2, 0.25) is 5.88 Å². The van der Waals surface area contributed by atoms with E-state index in [1.54, 1.807) is 10.6 Å². The van der Waals surface area contributed by atoms with E-state index < -0.39 is 0 Å². The lowest BCUT2D eigenvalue weighted by Gasteiger charge is -2.11. The summed E-state index contributed by atoms with van der Waals surface area (Å²) in [6, 6.07) is 25.4. The van der Waals surface area contributed by atoms with E-state index in [0.29, 0.717) is 17.3 Å². The van der Waals surface area contributed by atoms with Crippen molar-refractivity contribution in [2.24, 2.45) is 9.98 Å². The second kappa shape index (κ2) is 6.87. The second-order valence-electron chi connectivity index (χ2n) is 6.85. The van der Waals surface area contributed by atoms with Crippen molar-refractivity contribution in [3.05, 3.63) is 107 Å². The van der Waals surface area contributed by atoms with Gasteiger partial charge in [0.1, 0.15) is 11.5 Å². The minimum Gasteiger partial charge on any atom is -0.493 e. The van der Waals surface area contributed by atoms with Crippen molar-refractivity contribution in [3.8, 4) is 23.0 Å². The molecule has 5 nitrogen and oxygen atoms in total. The lowest BCUT2D eigenvalue weighted by Crippen LogP contribution is -2.19. The number of fused-ring (bicyclic) bond motifs is 1.